The van der Waals surface area contributed by atoms with E-state index < -0.39 is 15.7 Å². The molecule has 2 aromatic rings. The molecule has 0 bridgehead atoms. The van der Waals surface area contributed by atoms with E-state index in [4.69, 9.17) is 5.73 Å². The predicted octanol–water partition coefficient (Wildman–Crippen LogP) is 0.246. The SMILES string of the molecule is CN=C(N)NC(=O)c1cc2ccc(S(C)(=O)=O)cc2[nH]1. The molecule has 0 aliphatic rings. The number of guanidine groups is 1. The molecule has 0 fully saturated rings. The van der Waals surface area contributed by atoms with Crippen LogP contribution in [0.25, 0.3) is 10.9 Å². The zero-order chi connectivity index (χ0) is 14.9. The summed E-state index contributed by atoms with van der Waals surface area (Å²) in [6, 6.07) is 6.23. The first kappa shape index (κ1) is 14.1. The van der Waals surface area contributed by atoms with Crippen LogP contribution in [0.1, 0.15) is 10.5 Å². The molecule has 0 spiro atoms. The molecule has 1 heterocycles. The van der Waals surface area contributed by atoms with Gasteiger partial charge in [0.15, 0.2) is 15.8 Å². The Kier molecular flexibility index (Phi) is 3.49. The van der Waals surface area contributed by atoms with E-state index in [2.05, 4.69) is 15.3 Å². The van der Waals surface area contributed by atoms with Crippen LogP contribution in [0.2, 0.25) is 0 Å². The standard InChI is InChI=1S/C12H14N4O3S/c1-14-12(13)16-11(17)10-5-7-3-4-8(20(2,18)19)6-9(7)15-10/h3-6,15H,1-2H3,(H3,13,14,16,17). The van der Waals surface area contributed by atoms with Crippen molar-refractivity contribution in [3.8, 4) is 0 Å². The molecule has 8 heteroatoms. The fourth-order valence-electron chi connectivity index (χ4n) is 1.70. The number of H-pyrrole nitrogens is 1. The zero-order valence-corrected chi connectivity index (χ0v) is 11.8. The lowest BCUT2D eigenvalue weighted by molar-refractivity contribution is 0.0972. The van der Waals surface area contributed by atoms with Gasteiger partial charge in [0.25, 0.3) is 5.91 Å². The van der Waals surface area contributed by atoms with Crippen molar-refractivity contribution in [3.63, 3.8) is 0 Å². The van der Waals surface area contributed by atoms with Crippen LogP contribution in [0.4, 0.5) is 0 Å². The Balaban J connectivity index is 2.42. The second-order valence-electron chi connectivity index (χ2n) is 4.27. The van der Waals surface area contributed by atoms with E-state index >= 15 is 0 Å². The van der Waals surface area contributed by atoms with Gasteiger partial charge in [0.1, 0.15) is 5.69 Å². The maximum atomic E-state index is 11.8. The van der Waals surface area contributed by atoms with Crippen LogP contribution in [0.5, 0.6) is 0 Å². The van der Waals surface area contributed by atoms with Crippen LogP contribution in [-0.4, -0.2) is 38.6 Å². The van der Waals surface area contributed by atoms with Crippen molar-refractivity contribution in [3.05, 3.63) is 30.0 Å². The molecule has 0 aliphatic carbocycles. The van der Waals surface area contributed by atoms with Gasteiger partial charge in [-0.3, -0.25) is 15.1 Å². The summed E-state index contributed by atoms with van der Waals surface area (Å²) >= 11 is 0. The van der Waals surface area contributed by atoms with Crippen molar-refractivity contribution in [2.24, 2.45) is 10.7 Å². The van der Waals surface area contributed by atoms with E-state index in [1.165, 1.54) is 19.2 Å². The van der Waals surface area contributed by atoms with E-state index in [0.29, 0.717) is 5.52 Å². The number of nitrogens with one attached hydrogen (secondary N) is 2. The number of nitrogens with zero attached hydrogens (tertiary/aromatic N) is 1. The molecular formula is C12H14N4O3S. The summed E-state index contributed by atoms with van der Waals surface area (Å²) in [5.74, 6) is -0.435. The average molecular weight is 294 g/mol. The van der Waals surface area contributed by atoms with Crippen LogP contribution in [0.3, 0.4) is 0 Å². The number of hydrogen-bond donors (Lipinski definition) is 3. The van der Waals surface area contributed by atoms with Gasteiger partial charge in [-0.25, -0.2) is 8.42 Å². The van der Waals surface area contributed by atoms with Gasteiger partial charge < -0.3 is 10.7 Å². The summed E-state index contributed by atoms with van der Waals surface area (Å²) < 4.78 is 23.0. The smallest absolute Gasteiger partial charge is 0.274 e. The third kappa shape index (κ3) is 2.80. The molecule has 0 aliphatic heterocycles. The van der Waals surface area contributed by atoms with Gasteiger partial charge in [-0.05, 0) is 18.2 Å². The lowest BCUT2D eigenvalue weighted by Crippen LogP contribution is -2.36. The van der Waals surface area contributed by atoms with Crippen LogP contribution >= 0.6 is 0 Å². The molecule has 1 aromatic carbocycles. The number of rotatable bonds is 2. The van der Waals surface area contributed by atoms with Crippen LogP contribution in [-0.2, 0) is 9.84 Å². The minimum atomic E-state index is -3.29. The summed E-state index contributed by atoms with van der Waals surface area (Å²) in [6.45, 7) is 0. The molecule has 106 valence electrons. The molecule has 0 atom stereocenters. The number of aromatic amines is 1. The molecule has 2 rings (SSSR count). The second-order valence-corrected chi connectivity index (χ2v) is 6.28. The van der Waals surface area contributed by atoms with E-state index in [1.54, 1.807) is 12.1 Å². The van der Waals surface area contributed by atoms with E-state index in [-0.39, 0.29) is 16.5 Å². The summed E-state index contributed by atoms with van der Waals surface area (Å²) in [6.07, 6.45) is 1.13. The Labute approximate surface area is 115 Å². The molecule has 0 saturated heterocycles. The number of benzene rings is 1. The van der Waals surface area contributed by atoms with Gasteiger partial charge in [0.2, 0.25) is 0 Å². The van der Waals surface area contributed by atoms with Crippen molar-refractivity contribution in [2.45, 2.75) is 4.90 Å². The zero-order valence-electron chi connectivity index (χ0n) is 11.0. The number of carbonyl (C=O) groups is 1. The third-order valence-corrected chi connectivity index (χ3v) is 3.86. The molecule has 1 aromatic heterocycles. The molecular weight excluding hydrogens is 280 g/mol. The molecule has 7 nitrogen and oxygen atoms in total. The average Bonchev–Trinajstić information content (AvgIpc) is 2.80. The minimum absolute atomic E-state index is 0.00508. The van der Waals surface area contributed by atoms with Crippen molar-refractivity contribution in [1.82, 2.24) is 10.3 Å². The van der Waals surface area contributed by atoms with Crippen molar-refractivity contribution >= 4 is 32.6 Å². The molecule has 0 radical (unpaired) electrons. The molecule has 0 unspecified atom stereocenters. The number of fused-ring (bicyclic) bond motifs is 1. The Bertz CT molecular complexity index is 805. The van der Waals surface area contributed by atoms with Gasteiger partial charge in [-0.1, -0.05) is 6.07 Å². The topological polar surface area (TPSA) is 117 Å². The molecule has 1 amide bonds. The number of aromatic nitrogens is 1. The van der Waals surface area contributed by atoms with E-state index in [9.17, 15) is 13.2 Å². The van der Waals surface area contributed by atoms with Crippen LogP contribution in [0, 0.1) is 0 Å². The fourth-order valence-corrected chi connectivity index (χ4v) is 2.35. The first-order chi connectivity index (χ1) is 9.31. The highest BCUT2D eigenvalue weighted by atomic mass is 32.2. The highest BCUT2D eigenvalue weighted by Crippen LogP contribution is 2.19. The van der Waals surface area contributed by atoms with Gasteiger partial charge in [-0.15, -0.1) is 0 Å². The first-order valence-corrected chi connectivity index (χ1v) is 7.57. The largest absolute Gasteiger partial charge is 0.370 e. The van der Waals surface area contributed by atoms with E-state index in [0.717, 1.165) is 11.6 Å². The number of hydrogen-bond acceptors (Lipinski definition) is 4. The number of nitrogens with two attached hydrogens (primary N) is 1. The van der Waals surface area contributed by atoms with Gasteiger partial charge >= 0.3 is 0 Å². The Hall–Kier alpha value is -2.35. The molecule has 20 heavy (non-hydrogen) atoms. The number of amides is 1. The molecule has 4 N–H and O–H groups in total. The van der Waals surface area contributed by atoms with Crippen molar-refractivity contribution in [1.29, 1.82) is 0 Å². The lowest BCUT2D eigenvalue weighted by Gasteiger charge is -2.00. The minimum Gasteiger partial charge on any atom is -0.370 e. The number of aliphatic imine (C=N–C) groups is 1. The highest BCUT2D eigenvalue weighted by Gasteiger charge is 2.13. The van der Waals surface area contributed by atoms with Crippen LogP contribution in [0.15, 0.2) is 34.2 Å². The van der Waals surface area contributed by atoms with Gasteiger partial charge in [0.05, 0.1) is 4.90 Å². The summed E-state index contributed by atoms with van der Waals surface area (Å²) in [5, 5.41) is 3.12. The first-order valence-electron chi connectivity index (χ1n) is 5.67. The fraction of sp³-hybridized carbons (Fsp3) is 0.167. The monoisotopic (exact) mass is 294 g/mol. The van der Waals surface area contributed by atoms with E-state index in [1.807, 2.05) is 0 Å². The second kappa shape index (κ2) is 4.97. The predicted molar refractivity (Wildman–Crippen MR) is 76.4 cm³/mol. The van der Waals surface area contributed by atoms with Crippen molar-refractivity contribution < 1.29 is 13.2 Å². The maximum Gasteiger partial charge on any atom is 0.274 e. The third-order valence-electron chi connectivity index (χ3n) is 2.75. The number of sulfone groups is 1. The summed E-state index contributed by atoms with van der Waals surface area (Å²) in [4.78, 5) is 18.5. The Morgan fingerprint density at radius 2 is 2.05 bits per heavy atom. The maximum absolute atomic E-state index is 11.8. The lowest BCUT2D eigenvalue weighted by atomic mass is 10.2. The van der Waals surface area contributed by atoms with Gasteiger partial charge in [-0.2, -0.15) is 0 Å². The van der Waals surface area contributed by atoms with Gasteiger partial charge in [0, 0.05) is 24.2 Å². The normalized spacial score (nSPS) is 12.6. The highest BCUT2D eigenvalue weighted by molar-refractivity contribution is 7.90. The molecule has 0 saturated carbocycles. The van der Waals surface area contributed by atoms with Crippen molar-refractivity contribution in [2.75, 3.05) is 13.3 Å². The Morgan fingerprint density at radius 3 is 2.65 bits per heavy atom. The quantitative estimate of drug-likeness (QED) is 0.543. The number of carbonyl (C=O) groups excluding carboxylic acids is 1. The Morgan fingerprint density at radius 1 is 1.35 bits per heavy atom. The van der Waals surface area contributed by atoms with Crippen LogP contribution < -0.4 is 11.1 Å². The summed E-state index contributed by atoms with van der Waals surface area (Å²) in [5.41, 5.74) is 6.25. The summed E-state index contributed by atoms with van der Waals surface area (Å²) in [7, 11) is -1.83.